The van der Waals surface area contributed by atoms with Crippen molar-refractivity contribution in [3.05, 3.63) is 72.2 Å². The molecule has 26 heavy (non-hydrogen) atoms. The van der Waals surface area contributed by atoms with Crippen LogP contribution in [0.2, 0.25) is 0 Å². The van der Waals surface area contributed by atoms with Gasteiger partial charge in [0.05, 0.1) is 12.8 Å². The van der Waals surface area contributed by atoms with Crippen molar-refractivity contribution in [2.75, 3.05) is 27.2 Å². The van der Waals surface area contributed by atoms with Crippen LogP contribution in [0.4, 0.5) is 0 Å². The van der Waals surface area contributed by atoms with Crippen LogP contribution in [-0.4, -0.2) is 44.0 Å². The lowest BCUT2D eigenvalue weighted by atomic mass is 10.1. The lowest BCUT2D eigenvalue weighted by Crippen LogP contribution is -2.38. The van der Waals surface area contributed by atoms with Crippen LogP contribution >= 0.6 is 0 Å². The Labute approximate surface area is 154 Å². The van der Waals surface area contributed by atoms with E-state index in [0.717, 1.165) is 17.7 Å². The predicted octanol–water partition coefficient (Wildman–Crippen LogP) is 2.45. The average molecular weight is 354 g/mol. The monoisotopic (exact) mass is 354 g/mol. The number of benzene rings is 1. The lowest BCUT2D eigenvalue weighted by Gasteiger charge is -2.12. The molecular weight excluding hydrogens is 328 g/mol. The van der Waals surface area contributed by atoms with E-state index in [9.17, 15) is 4.79 Å². The molecule has 1 aromatic carbocycles. The highest BCUT2D eigenvalue weighted by Gasteiger charge is 2.07. The summed E-state index contributed by atoms with van der Waals surface area (Å²) in [5.74, 6) is 1.64. The number of guanidine groups is 1. The van der Waals surface area contributed by atoms with Gasteiger partial charge in [0.1, 0.15) is 5.76 Å². The zero-order chi connectivity index (χ0) is 18.8. The normalized spacial score (nSPS) is 11.1. The van der Waals surface area contributed by atoms with E-state index >= 15 is 0 Å². The Morgan fingerprint density at radius 3 is 2.62 bits per heavy atom. The Balaban J connectivity index is 1.92. The molecule has 0 fully saturated rings. The number of carbonyl (C=O) groups is 1. The Kier molecular flexibility index (Phi) is 7.49. The van der Waals surface area contributed by atoms with Crippen molar-refractivity contribution in [3.63, 3.8) is 0 Å². The molecule has 2 aromatic rings. The summed E-state index contributed by atoms with van der Waals surface area (Å²) in [6, 6.07) is 11.3. The summed E-state index contributed by atoms with van der Waals surface area (Å²) in [5.41, 5.74) is 1.70. The van der Waals surface area contributed by atoms with Gasteiger partial charge >= 0.3 is 0 Å². The first-order valence-electron chi connectivity index (χ1n) is 8.56. The Bertz CT molecular complexity index is 719. The van der Waals surface area contributed by atoms with Crippen LogP contribution in [0.3, 0.4) is 0 Å². The molecule has 6 heteroatoms. The van der Waals surface area contributed by atoms with E-state index < -0.39 is 0 Å². The van der Waals surface area contributed by atoms with Crippen LogP contribution in [0, 0.1) is 0 Å². The maximum absolute atomic E-state index is 11.9. The van der Waals surface area contributed by atoms with Crippen molar-refractivity contribution in [3.8, 4) is 0 Å². The van der Waals surface area contributed by atoms with Crippen LogP contribution in [-0.2, 0) is 13.0 Å². The molecule has 0 radical (unpaired) electrons. The van der Waals surface area contributed by atoms with E-state index in [1.807, 2.05) is 36.4 Å². The molecule has 0 aliphatic heterocycles. The molecule has 2 N–H and O–H groups in total. The summed E-state index contributed by atoms with van der Waals surface area (Å²) < 4.78 is 5.33. The van der Waals surface area contributed by atoms with Gasteiger partial charge in [-0.2, -0.15) is 0 Å². The molecular formula is C20H26N4O2. The second-order valence-corrected chi connectivity index (χ2v) is 5.99. The van der Waals surface area contributed by atoms with Gasteiger partial charge in [-0.15, -0.1) is 6.58 Å². The number of hydrogen-bond donors (Lipinski definition) is 2. The minimum atomic E-state index is -0.00650. The zero-order valence-corrected chi connectivity index (χ0v) is 15.4. The quantitative estimate of drug-likeness (QED) is 0.434. The molecule has 0 saturated carbocycles. The summed E-state index contributed by atoms with van der Waals surface area (Å²) in [5, 5.41) is 6.47. The lowest BCUT2D eigenvalue weighted by molar-refractivity contribution is 0.0827. The van der Waals surface area contributed by atoms with Gasteiger partial charge in [-0.05, 0) is 29.8 Å². The Hall–Kier alpha value is -3.02. The van der Waals surface area contributed by atoms with Crippen LogP contribution in [0.5, 0.6) is 0 Å². The number of furan rings is 1. The van der Waals surface area contributed by atoms with Crippen molar-refractivity contribution in [2.24, 2.45) is 4.99 Å². The van der Waals surface area contributed by atoms with Gasteiger partial charge in [0.15, 0.2) is 5.96 Å². The van der Waals surface area contributed by atoms with Gasteiger partial charge in [-0.3, -0.25) is 4.79 Å². The number of hydrogen-bond acceptors (Lipinski definition) is 3. The third kappa shape index (κ3) is 6.12. The smallest absolute Gasteiger partial charge is 0.253 e. The van der Waals surface area contributed by atoms with E-state index in [-0.39, 0.29) is 5.91 Å². The maximum atomic E-state index is 11.9. The standard InChI is InChI=1S/C20H26N4O2/c1-4-12-21-20(22-13-11-18-6-5-14-26-18)23-15-16-7-9-17(10-8-16)19(25)24(2)3/h4-10,14H,1,11-13,15H2,2-3H3,(H2,21,22,23). The second-order valence-electron chi connectivity index (χ2n) is 5.99. The van der Waals surface area contributed by atoms with E-state index in [1.54, 1.807) is 31.3 Å². The zero-order valence-electron chi connectivity index (χ0n) is 15.4. The number of amides is 1. The van der Waals surface area contributed by atoms with Gasteiger partial charge in [0, 0.05) is 39.2 Å². The molecule has 1 heterocycles. The molecule has 0 unspecified atom stereocenters. The molecule has 1 aromatic heterocycles. The van der Waals surface area contributed by atoms with Crippen molar-refractivity contribution in [1.29, 1.82) is 0 Å². The average Bonchev–Trinajstić information content (AvgIpc) is 3.16. The first-order chi connectivity index (χ1) is 12.6. The second kappa shape index (κ2) is 10.1. The molecule has 6 nitrogen and oxygen atoms in total. The SMILES string of the molecule is C=CCNC(=NCc1ccc(C(=O)N(C)C)cc1)NCCc1ccco1. The topological polar surface area (TPSA) is 69.9 Å². The minimum absolute atomic E-state index is 0.00650. The number of nitrogens with zero attached hydrogens (tertiary/aromatic N) is 2. The van der Waals surface area contributed by atoms with Crippen molar-refractivity contribution in [2.45, 2.75) is 13.0 Å². The van der Waals surface area contributed by atoms with Gasteiger partial charge < -0.3 is 20.0 Å². The van der Waals surface area contributed by atoms with E-state index in [0.29, 0.717) is 31.2 Å². The number of aliphatic imine (C=N–C) groups is 1. The molecule has 0 bridgehead atoms. The van der Waals surface area contributed by atoms with Gasteiger partial charge in [-0.25, -0.2) is 4.99 Å². The Morgan fingerprint density at radius 1 is 1.23 bits per heavy atom. The van der Waals surface area contributed by atoms with Crippen molar-refractivity contribution in [1.82, 2.24) is 15.5 Å². The Morgan fingerprint density at radius 2 is 2.00 bits per heavy atom. The van der Waals surface area contributed by atoms with Crippen molar-refractivity contribution < 1.29 is 9.21 Å². The number of nitrogens with one attached hydrogen (secondary N) is 2. The fourth-order valence-corrected chi connectivity index (χ4v) is 2.28. The largest absolute Gasteiger partial charge is 0.469 e. The van der Waals surface area contributed by atoms with Crippen molar-refractivity contribution >= 4 is 11.9 Å². The van der Waals surface area contributed by atoms with E-state index in [2.05, 4.69) is 22.2 Å². The van der Waals surface area contributed by atoms with Gasteiger partial charge in [0.25, 0.3) is 5.91 Å². The van der Waals surface area contributed by atoms with Gasteiger partial charge in [-0.1, -0.05) is 18.2 Å². The summed E-state index contributed by atoms with van der Waals surface area (Å²) in [7, 11) is 3.49. The molecule has 0 aliphatic carbocycles. The van der Waals surface area contributed by atoms with Crippen LogP contribution in [0.15, 0.2) is 64.7 Å². The summed E-state index contributed by atoms with van der Waals surface area (Å²) >= 11 is 0. The highest BCUT2D eigenvalue weighted by molar-refractivity contribution is 5.93. The molecule has 2 rings (SSSR count). The third-order valence-corrected chi connectivity index (χ3v) is 3.68. The predicted molar refractivity (Wildman–Crippen MR) is 104 cm³/mol. The van der Waals surface area contributed by atoms with E-state index in [4.69, 9.17) is 4.42 Å². The highest BCUT2D eigenvalue weighted by Crippen LogP contribution is 2.07. The van der Waals surface area contributed by atoms with Crippen LogP contribution in [0.25, 0.3) is 0 Å². The first kappa shape index (κ1) is 19.3. The first-order valence-corrected chi connectivity index (χ1v) is 8.56. The molecule has 1 amide bonds. The summed E-state index contributed by atoms with van der Waals surface area (Å²) in [6.07, 6.45) is 4.24. The molecule has 0 spiro atoms. The summed E-state index contributed by atoms with van der Waals surface area (Å²) in [6.45, 7) is 5.58. The molecule has 138 valence electrons. The van der Waals surface area contributed by atoms with E-state index in [1.165, 1.54) is 0 Å². The third-order valence-electron chi connectivity index (χ3n) is 3.68. The molecule has 0 aliphatic rings. The minimum Gasteiger partial charge on any atom is -0.469 e. The summed E-state index contributed by atoms with van der Waals surface area (Å²) in [4.78, 5) is 18.1. The molecule has 0 saturated heterocycles. The molecule has 0 atom stereocenters. The van der Waals surface area contributed by atoms with Crippen LogP contribution in [0.1, 0.15) is 21.7 Å². The highest BCUT2D eigenvalue weighted by atomic mass is 16.3. The number of carbonyl (C=O) groups excluding carboxylic acids is 1. The fraction of sp³-hybridized carbons (Fsp3) is 0.300. The van der Waals surface area contributed by atoms with Gasteiger partial charge in [0.2, 0.25) is 0 Å². The van der Waals surface area contributed by atoms with Crippen LogP contribution < -0.4 is 10.6 Å². The number of rotatable bonds is 8. The fourth-order valence-electron chi connectivity index (χ4n) is 2.28. The maximum Gasteiger partial charge on any atom is 0.253 e.